The molecule has 0 radical (unpaired) electrons. The summed E-state index contributed by atoms with van der Waals surface area (Å²) in [6.07, 6.45) is 2.64. The van der Waals surface area contributed by atoms with Gasteiger partial charge >= 0.3 is 0 Å². The number of fused-ring (bicyclic) bond motifs is 3. The van der Waals surface area contributed by atoms with E-state index in [4.69, 9.17) is 0 Å². The number of hydrogen-bond donors (Lipinski definition) is 0. The molecule has 0 fully saturated rings. The lowest BCUT2D eigenvalue weighted by Crippen LogP contribution is -2.23. The molecular formula is C18H17N5OS. The van der Waals surface area contributed by atoms with Crippen LogP contribution in [0, 0.1) is 0 Å². The van der Waals surface area contributed by atoms with Crippen molar-refractivity contribution < 1.29 is 0 Å². The zero-order chi connectivity index (χ0) is 17.2. The van der Waals surface area contributed by atoms with Crippen LogP contribution in [0.1, 0.15) is 19.0 Å². The van der Waals surface area contributed by atoms with E-state index in [2.05, 4.69) is 15.2 Å². The van der Waals surface area contributed by atoms with Crippen LogP contribution in [-0.4, -0.2) is 24.1 Å². The Morgan fingerprint density at radius 3 is 2.72 bits per heavy atom. The Balaban J connectivity index is 1.87. The van der Waals surface area contributed by atoms with Gasteiger partial charge in [0.1, 0.15) is 0 Å². The standard InChI is InChI=1S/C18H17N5OS/c1-2-11-22-16(24)14-8-3-4-9-15(14)23-17(22)20-21-18(23)25-12-13-7-5-6-10-19-13/h3-10H,2,11-12H2,1H3. The predicted octanol–water partition coefficient (Wildman–Crippen LogP) is 3.14. The fourth-order valence-corrected chi connectivity index (χ4v) is 3.73. The third-order valence-electron chi connectivity index (χ3n) is 4.00. The van der Waals surface area contributed by atoms with E-state index in [0.29, 0.717) is 23.5 Å². The van der Waals surface area contributed by atoms with E-state index in [-0.39, 0.29) is 5.56 Å². The van der Waals surface area contributed by atoms with E-state index >= 15 is 0 Å². The summed E-state index contributed by atoms with van der Waals surface area (Å²) in [5.74, 6) is 1.29. The highest BCUT2D eigenvalue weighted by Gasteiger charge is 2.16. The zero-order valence-corrected chi connectivity index (χ0v) is 14.6. The van der Waals surface area contributed by atoms with E-state index in [1.807, 2.05) is 53.8 Å². The van der Waals surface area contributed by atoms with Gasteiger partial charge in [0.2, 0.25) is 5.78 Å². The molecular weight excluding hydrogens is 334 g/mol. The molecule has 0 saturated heterocycles. The Kier molecular flexibility index (Phi) is 4.23. The van der Waals surface area contributed by atoms with E-state index in [0.717, 1.165) is 22.8 Å². The van der Waals surface area contributed by atoms with Crippen molar-refractivity contribution in [3.63, 3.8) is 0 Å². The predicted molar refractivity (Wildman–Crippen MR) is 98.8 cm³/mol. The van der Waals surface area contributed by atoms with Crippen molar-refractivity contribution in [2.45, 2.75) is 30.8 Å². The van der Waals surface area contributed by atoms with E-state index < -0.39 is 0 Å². The van der Waals surface area contributed by atoms with Gasteiger partial charge in [-0.1, -0.05) is 36.9 Å². The van der Waals surface area contributed by atoms with Gasteiger partial charge in [0.15, 0.2) is 5.16 Å². The fraction of sp³-hybridized carbons (Fsp3) is 0.222. The molecule has 126 valence electrons. The van der Waals surface area contributed by atoms with Gasteiger partial charge in [-0.3, -0.25) is 18.7 Å². The molecule has 0 unspecified atom stereocenters. The Labute approximate surface area is 148 Å². The third-order valence-corrected chi connectivity index (χ3v) is 4.96. The first-order valence-electron chi connectivity index (χ1n) is 8.19. The summed E-state index contributed by atoms with van der Waals surface area (Å²) in [5.41, 5.74) is 1.80. The molecule has 3 aromatic heterocycles. The summed E-state index contributed by atoms with van der Waals surface area (Å²) in [6, 6.07) is 13.5. The SMILES string of the molecule is CCCn1c(=O)c2ccccc2n2c(SCc3ccccn3)nnc12. The van der Waals surface area contributed by atoms with E-state index in [9.17, 15) is 4.79 Å². The molecule has 1 aromatic carbocycles. The quantitative estimate of drug-likeness (QED) is 0.517. The Hall–Kier alpha value is -2.67. The van der Waals surface area contributed by atoms with Crippen LogP contribution >= 0.6 is 11.8 Å². The first-order chi connectivity index (χ1) is 12.3. The third kappa shape index (κ3) is 2.80. The molecule has 25 heavy (non-hydrogen) atoms. The molecule has 0 aliphatic heterocycles. The van der Waals surface area contributed by atoms with Crippen molar-refractivity contribution in [2.24, 2.45) is 0 Å². The average molecular weight is 351 g/mol. The first kappa shape index (κ1) is 15.8. The smallest absolute Gasteiger partial charge is 0.262 e. The molecule has 0 bridgehead atoms. The van der Waals surface area contributed by atoms with Crippen LogP contribution in [0.15, 0.2) is 58.6 Å². The Morgan fingerprint density at radius 1 is 1.08 bits per heavy atom. The van der Waals surface area contributed by atoms with Crippen molar-refractivity contribution in [1.82, 2.24) is 24.1 Å². The summed E-state index contributed by atoms with van der Waals surface area (Å²) in [6.45, 7) is 2.67. The van der Waals surface area contributed by atoms with Crippen molar-refractivity contribution in [3.05, 3.63) is 64.7 Å². The second-order valence-corrected chi connectivity index (χ2v) is 6.64. The maximum Gasteiger partial charge on any atom is 0.262 e. The molecule has 7 heteroatoms. The maximum atomic E-state index is 12.8. The lowest BCUT2D eigenvalue weighted by atomic mass is 10.2. The summed E-state index contributed by atoms with van der Waals surface area (Å²) >= 11 is 1.57. The summed E-state index contributed by atoms with van der Waals surface area (Å²) in [4.78, 5) is 17.1. The minimum absolute atomic E-state index is 0.0152. The summed E-state index contributed by atoms with van der Waals surface area (Å²) in [7, 11) is 0. The molecule has 0 spiro atoms. The first-order valence-corrected chi connectivity index (χ1v) is 9.17. The highest BCUT2D eigenvalue weighted by molar-refractivity contribution is 7.98. The van der Waals surface area contributed by atoms with Gasteiger partial charge in [0.05, 0.1) is 16.6 Å². The lowest BCUT2D eigenvalue weighted by molar-refractivity contribution is 0.662. The van der Waals surface area contributed by atoms with Gasteiger partial charge in [-0.05, 0) is 30.7 Å². The second-order valence-electron chi connectivity index (χ2n) is 5.70. The number of benzene rings is 1. The van der Waals surface area contributed by atoms with E-state index in [1.165, 1.54) is 0 Å². The number of pyridine rings is 1. The number of aromatic nitrogens is 5. The minimum atomic E-state index is -0.0152. The molecule has 3 heterocycles. The van der Waals surface area contributed by atoms with Crippen molar-refractivity contribution in [3.8, 4) is 0 Å². The van der Waals surface area contributed by atoms with Gasteiger partial charge < -0.3 is 0 Å². The Bertz CT molecular complexity index is 1090. The fourth-order valence-electron chi connectivity index (χ4n) is 2.87. The average Bonchev–Trinajstić information content (AvgIpc) is 3.08. The highest BCUT2D eigenvalue weighted by atomic mass is 32.2. The number of aryl methyl sites for hydroxylation is 1. The van der Waals surface area contributed by atoms with Gasteiger partial charge in [-0.15, -0.1) is 10.2 Å². The van der Waals surface area contributed by atoms with Gasteiger partial charge in [0.25, 0.3) is 5.56 Å². The van der Waals surface area contributed by atoms with Crippen molar-refractivity contribution >= 4 is 28.4 Å². The second kappa shape index (κ2) is 6.68. The number of thioether (sulfide) groups is 1. The number of rotatable bonds is 5. The van der Waals surface area contributed by atoms with Crippen molar-refractivity contribution in [2.75, 3.05) is 0 Å². The maximum absolute atomic E-state index is 12.8. The topological polar surface area (TPSA) is 65.1 Å². The molecule has 4 aromatic rings. The Morgan fingerprint density at radius 2 is 1.92 bits per heavy atom. The summed E-state index contributed by atoms with van der Waals surface area (Å²) < 4.78 is 3.68. The van der Waals surface area contributed by atoms with Crippen molar-refractivity contribution in [1.29, 1.82) is 0 Å². The van der Waals surface area contributed by atoms with Crippen LogP contribution in [0.3, 0.4) is 0 Å². The number of nitrogens with zero attached hydrogens (tertiary/aromatic N) is 5. The van der Waals surface area contributed by atoms with Crippen LogP contribution < -0.4 is 5.56 Å². The van der Waals surface area contributed by atoms with Gasteiger partial charge in [0, 0.05) is 18.5 Å². The largest absolute Gasteiger partial charge is 0.276 e. The molecule has 0 amide bonds. The monoisotopic (exact) mass is 351 g/mol. The zero-order valence-electron chi connectivity index (χ0n) is 13.8. The molecule has 4 rings (SSSR count). The van der Waals surface area contributed by atoms with Crippen LogP contribution in [0.4, 0.5) is 0 Å². The molecule has 0 saturated carbocycles. The van der Waals surface area contributed by atoms with Crippen LogP contribution in [0.2, 0.25) is 0 Å². The lowest BCUT2D eigenvalue weighted by Gasteiger charge is -2.10. The van der Waals surface area contributed by atoms with Gasteiger partial charge in [-0.25, -0.2) is 0 Å². The molecule has 0 aliphatic rings. The summed E-state index contributed by atoms with van der Waals surface area (Å²) in [5, 5.41) is 10.1. The highest BCUT2D eigenvalue weighted by Crippen LogP contribution is 2.24. The van der Waals surface area contributed by atoms with Crippen LogP contribution in [-0.2, 0) is 12.3 Å². The minimum Gasteiger partial charge on any atom is -0.276 e. The number of para-hydroxylation sites is 1. The molecule has 0 atom stereocenters. The number of hydrogen-bond acceptors (Lipinski definition) is 5. The van der Waals surface area contributed by atoms with Crippen LogP contribution in [0.5, 0.6) is 0 Å². The molecule has 6 nitrogen and oxygen atoms in total. The normalized spacial score (nSPS) is 11.4. The van der Waals surface area contributed by atoms with Gasteiger partial charge in [-0.2, -0.15) is 0 Å². The molecule has 0 N–H and O–H groups in total. The van der Waals surface area contributed by atoms with E-state index in [1.54, 1.807) is 22.5 Å². The van der Waals surface area contributed by atoms with Crippen LogP contribution in [0.25, 0.3) is 16.7 Å². The molecule has 0 aliphatic carbocycles.